The van der Waals surface area contributed by atoms with Crippen molar-refractivity contribution in [2.45, 2.75) is 32.5 Å². The van der Waals surface area contributed by atoms with E-state index < -0.39 is 11.7 Å². The number of thioether (sulfide) groups is 1. The van der Waals surface area contributed by atoms with Gasteiger partial charge in [0.05, 0.1) is 5.56 Å². The first-order valence-electron chi connectivity index (χ1n) is 6.92. The van der Waals surface area contributed by atoms with Gasteiger partial charge in [-0.15, -0.1) is 0 Å². The molecule has 1 N–H and O–H groups in total. The topological polar surface area (TPSA) is 12.0 Å². The summed E-state index contributed by atoms with van der Waals surface area (Å²) in [6, 6.07) is 4.28. The van der Waals surface area contributed by atoms with Crippen LogP contribution in [0.4, 0.5) is 13.2 Å². The van der Waals surface area contributed by atoms with Crippen LogP contribution < -0.4 is 5.32 Å². The Morgan fingerprint density at radius 1 is 1.40 bits per heavy atom. The molecule has 1 nitrogen and oxygen atoms in total. The molecule has 1 aliphatic heterocycles. The van der Waals surface area contributed by atoms with Crippen LogP contribution in [0.2, 0.25) is 0 Å². The maximum absolute atomic E-state index is 12.7. The van der Waals surface area contributed by atoms with E-state index in [9.17, 15) is 13.2 Å². The van der Waals surface area contributed by atoms with E-state index in [4.69, 9.17) is 0 Å². The summed E-state index contributed by atoms with van der Waals surface area (Å²) in [5.41, 5.74) is 1.17. The van der Waals surface area contributed by atoms with Gasteiger partial charge in [0.1, 0.15) is 0 Å². The Morgan fingerprint density at radius 2 is 2.15 bits per heavy atom. The van der Waals surface area contributed by atoms with E-state index in [0.29, 0.717) is 5.92 Å². The van der Waals surface area contributed by atoms with Gasteiger partial charge >= 0.3 is 6.18 Å². The lowest BCUT2D eigenvalue weighted by Gasteiger charge is -2.26. The van der Waals surface area contributed by atoms with Gasteiger partial charge in [-0.25, -0.2) is 0 Å². The van der Waals surface area contributed by atoms with Crippen molar-refractivity contribution in [1.29, 1.82) is 0 Å². The van der Waals surface area contributed by atoms with Crippen LogP contribution in [0, 0.1) is 12.8 Å². The molecule has 5 heteroatoms. The van der Waals surface area contributed by atoms with E-state index in [1.54, 1.807) is 13.0 Å². The lowest BCUT2D eigenvalue weighted by Crippen LogP contribution is -2.29. The van der Waals surface area contributed by atoms with Crippen LogP contribution in [-0.2, 0) is 6.18 Å². The number of aryl methyl sites for hydroxylation is 1. The van der Waals surface area contributed by atoms with Crippen LogP contribution in [0.3, 0.4) is 0 Å². The molecule has 1 saturated heterocycles. The summed E-state index contributed by atoms with van der Waals surface area (Å²) >= 11 is 1.92. The predicted octanol–water partition coefficient (Wildman–Crippen LogP) is 4.42. The van der Waals surface area contributed by atoms with Crippen LogP contribution in [0.5, 0.6) is 0 Å². The molecular formula is C15H20F3NS. The second-order valence-corrected chi connectivity index (χ2v) is 6.38. The Bertz CT molecular complexity index is 453. The van der Waals surface area contributed by atoms with Crippen molar-refractivity contribution in [3.05, 3.63) is 34.9 Å². The number of halogens is 3. The Labute approximate surface area is 122 Å². The maximum Gasteiger partial charge on any atom is 0.416 e. The highest BCUT2D eigenvalue weighted by Gasteiger charge is 2.32. The fraction of sp³-hybridized carbons (Fsp3) is 0.600. The zero-order valence-corrected chi connectivity index (χ0v) is 12.6. The lowest BCUT2D eigenvalue weighted by molar-refractivity contribution is -0.137. The van der Waals surface area contributed by atoms with Crippen molar-refractivity contribution in [2.75, 3.05) is 18.1 Å². The number of rotatable bonds is 4. The smallest absolute Gasteiger partial charge is 0.310 e. The summed E-state index contributed by atoms with van der Waals surface area (Å²) in [4.78, 5) is 0. The Balaban J connectivity index is 2.29. The molecule has 0 bridgehead atoms. The third kappa shape index (κ3) is 3.50. The molecule has 0 saturated carbocycles. The highest BCUT2D eigenvalue weighted by Crippen LogP contribution is 2.37. The number of nitrogens with one attached hydrogen (secondary N) is 1. The quantitative estimate of drug-likeness (QED) is 0.884. The minimum atomic E-state index is -4.26. The van der Waals surface area contributed by atoms with Gasteiger partial charge in [0.2, 0.25) is 0 Å². The Kier molecular flexibility index (Phi) is 5.02. The third-order valence-electron chi connectivity index (χ3n) is 3.79. The number of benzene rings is 1. The standard InChI is InChI=1S/C15H20F3NS/c1-3-19-14(11-6-7-20-9-11)13-5-4-12(8-10(13)2)15(16,17)18/h4-5,8,11,14,19H,3,6-7,9H2,1-2H3. The molecule has 1 aliphatic rings. The van der Waals surface area contributed by atoms with Crippen molar-refractivity contribution < 1.29 is 13.2 Å². The minimum Gasteiger partial charge on any atom is -0.310 e. The van der Waals surface area contributed by atoms with Crippen molar-refractivity contribution in [2.24, 2.45) is 5.92 Å². The molecule has 1 fully saturated rings. The van der Waals surface area contributed by atoms with Crippen LogP contribution in [0.25, 0.3) is 0 Å². The summed E-state index contributed by atoms with van der Waals surface area (Å²) in [6.07, 6.45) is -3.14. The third-order valence-corrected chi connectivity index (χ3v) is 4.98. The summed E-state index contributed by atoms with van der Waals surface area (Å²) < 4.78 is 38.2. The maximum atomic E-state index is 12.7. The molecule has 0 aliphatic carbocycles. The van der Waals surface area contributed by atoms with Gasteiger partial charge in [-0.2, -0.15) is 24.9 Å². The summed E-state index contributed by atoms with van der Waals surface area (Å²) in [7, 11) is 0. The number of hydrogen-bond acceptors (Lipinski definition) is 2. The van der Waals surface area contributed by atoms with Crippen molar-refractivity contribution >= 4 is 11.8 Å². The average Bonchev–Trinajstić information content (AvgIpc) is 2.89. The largest absolute Gasteiger partial charge is 0.416 e. The first kappa shape index (κ1) is 15.7. The SMILES string of the molecule is CCNC(c1ccc(C(F)(F)F)cc1C)C1CCSC1. The van der Waals surface area contributed by atoms with E-state index in [1.807, 2.05) is 18.7 Å². The molecule has 20 heavy (non-hydrogen) atoms. The zero-order valence-electron chi connectivity index (χ0n) is 11.8. The Hall–Kier alpha value is -0.680. The second kappa shape index (κ2) is 6.39. The molecule has 1 aromatic carbocycles. The number of alkyl halides is 3. The van der Waals surface area contributed by atoms with Gasteiger partial charge in [-0.3, -0.25) is 0 Å². The molecule has 112 valence electrons. The molecule has 1 heterocycles. The average molecular weight is 303 g/mol. The van der Waals surface area contributed by atoms with E-state index >= 15 is 0 Å². The molecule has 1 aromatic rings. The first-order chi connectivity index (χ1) is 9.43. The lowest BCUT2D eigenvalue weighted by atomic mass is 9.89. The van der Waals surface area contributed by atoms with Crippen molar-refractivity contribution in [3.63, 3.8) is 0 Å². The zero-order chi connectivity index (χ0) is 14.8. The van der Waals surface area contributed by atoms with E-state index in [2.05, 4.69) is 5.32 Å². The van der Waals surface area contributed by atoms with Gasteiger partial charge < -0.3 is 5.32 Å². The first-order valence-corrected chi connectivity index (χ1v) is 8.07. The van der Waals surface area contributed by atoms with Crippen LogP contribution in [0.1, 0.15) is 36.1 Å². The Morgan fingerprint density at radius 3 is 2.65 bits per heavy atom. The molecule has 2 atom stereocenters. The van der Waals surface area contributed by atoms with Gasteiger partial charge in [-0.05, 0) is 60.6 Å². The predicted molar refractivity (Wildman–Crippen MR) is 78.0 cm³/mol. The monoisotopic (exact) mass is 303 g/mol. The summed E-state index contributed by atoms with van der Waals surface area (Å²) in [5, 5.41) is 3.45. The summed E-state index contributed by atoms with van der Waals surface area (Å²) in [6.45, 7) is 4.64. The van der Waals surface area contributed by atoms with Gasteiger partial charge in [0, 0.05) is 6.04 Å². The van der Waals surface area contributed by atoms with E-state index in [1.165, 1.54) is 12.1 Å². The normalized spacial score (nSPS) is 21.1. The van der Waals surface area contributed by atoms with Gasteiger partial charge in [0.15, 0.2) is 0 Å². The van der Waals surface area contributed by atoms with E-state index in [0.717, 1.165) is 35.6 Å². The van der Waals surface area contributed by atoms with Crippen molar-refractivity contribution in [3.8, 4) is 0 Å². The fourth-order valence-electron chi connectivity index (χ4n) is 2.77. The molecule has 0 spiro atoms. The molecule has 2 rings (SSSR count). The van der Waals surface area contributed by atoms with Gasteiger partial charge in [-0.1, -0.05) is 13.0 Å². The van der Waals surface area contributed by atoms with Crippen molar-refractivity contribution in [1.82, 2.24) is 5.32 Å². The van der Waals surface area contributed by atoms with Crippen LogP contribution in [-0.4, -0.2) is 18.1 Å². The van der Waals surface area contributed by atoms with E-state index in [-0.39, 0.29) is 6.04 Å². The number of hydrogen-bond donors (Lipinski definition) is 1. The molecule has 0 radical (unpaired) electrons. The minimum absolute atomic E-state index is 0.164. The molecule has 0 amide bonds. The molecule has 2 unspecified atom stereocenters. The molecule has 0 aromatic heterocycles. The summed E-state index contributed by atoms with van der Waals surface area (Å²) in [5.74, 6) is 2.74. The highest BCUT2D eigenvalue weighted by molar-refractivity contribution is 7.99. The van der Waals surface area contributed by atoms with Crippen LogP contribution >= 0.6 is 11.8 Å². The highest BCUT2D eigenvalue weighted by atomic mass is 32.2. The van der Waals surface area contributed by atoms with Crippen LogP contribution in [0.15, 0.2) is 18.2 Å². The second-order valence-electron chi connectivity index (χ2n) is 5.23. The fourth-order valence-corrected chi connectivity index (χ4v) is 4.07. The molecular weight excluding hydrogens is 283 g/mol. The van der Waals surface area contributed by atoms with Gasteiger partial charge in [0.25, 0.3) is 0 Å².